The van der Waals surface area contributed by atoms with E-state index in [-0.39, 0.29) is 18.4 Å². The monoisotopic (exact) mass is 355 g/mol. The van der Waals surface area contributed by atoms with Crippen LogP contribution in [0.1, 0.15) is 24.5 Å². The highest BCUT2D eigenvalue weighted by molar-refractivity contribution is 5.78. The van der Waals surface area contributed by atoms with E-state index in [0.717, 1.165) is 18.4 Å². The third-order valence-electron chi connectivity index (χ3n) is 4.90. The Balaban J connectivity index is 1.49. The lowest BCUT2D eigenvalue weighted by Gasteiger charge is -2.34. The second-order valence-corrected chi connectivity index (χ2v) is 6.51. The number of aliphatic hydroxyl groups is 1. The number of nitrogens with zero attached hydrogens (tertiary/aromatic N) is 1. The van der Waals surface area contributed by atoms with E-state index in [4.69, 9.17) is 9.47 Å². The Morgan fingerprint density at radius 2 is 1.69 bits per heavy atom. The quantitative estimate of drug-likeness (QED) is 0.865. The Morgan fingerprint density at radius 3 is 2.35 bits per heavy atom. The van der Waals surface area contributed by atoms with Gasteiger partial charge in [-0.05, 0) is 36.5 Å². The summed E-state index contributed by atoms with van der Waals surface area (Å²) in [5.41, 5.74) is 0.941. The van der Waals surface area contributed by atoms with Crippen molar-refractivity contribution in [2.24, 2.45) is 5.92 Å². The lowest BCUT2D eigenvalue weighted by molar-refractivity contribution is -0.135. The predicted molar refractivity (Wildman–Crippen MR) is 99.2 cm³/mol. The summed E-state index contributed by atoms with van der Waals surface area (Å²) in [6.07, 6.45) is 1.10. The predicted octanol–water partition coefficient (Wildman–Crippen LogP) is 3.05. The minimum atomic E-state index is -0.474. The summed E-state index contributed by atoms with van der Waals surface area (Å²) in [5, 5.41) is 10.5. The summed E-state index contributed by atoms with van der Waals surface area (Å²) < 4.78 is 10.8. The van der Waals surface area contributed by atoms with Gasteiger partial charge in [-0.2, -0.15) is 0 Å². The van der Waals surface area contributed by atoms with Crippen LogP contribution < -0.4 is 9.47 Å². The summed E-state index contributed by atoms with van der Waals surface area (Å²) in [6, 6.07) is 17.0. The highest BCUT2D eigenvalue weighted by atomic mass is 16.5. The number of benzene rings is 2. The zero-order chi connectivity index (χ0) is 18.4. The number of rotatable bonds is 6. The Kier molecular flexibility index (Phi) is 6.12. The van der Waals surface area contributed by atoms with E-state index in [1.54, 1.807) is 19.2 Å². The van der Waals surface area contributed by atoms with Gasteiger partial charge in [0.1, 0.15) is 0 Å². The summed E-state index contributed by atoms with van der Waals surface area (Å²) in [6.45, 7) is 1.28. The van der Waals surface area contributed by atoms with Gasteiger partial charge < -0.3 is 19.5 Å². The second-order valence-electron chi connectivity index (χ2n) is 6.51. The van der Waals surface area contributed by atoms with Crippen LogP contribution in [-0.2, 0) is 4.79 Å². The van der Waals surface area contributed by atoms with Crippen LogP contribution in [0.25, 0.3) is 0 Å². The van der Waals surface area contributed by atoms with Crippen LogP contribution in [0, 0.1) is 5.92 Å². The van der Waals surface area contributed by atoms with Crippen molar-refractivity contribution < 1.29 is 19.4 Å². The molecule has 0 aliphatic carbocycles. The van der Waals surface area contributed by atoms with E-state index in [9.17, 15) is 9.90 Å². The van der Waals surface area contributed by atoms with Gasteiger partial charge in [0.25, 0.3) is 5.91 Å². The molecule has 3 rings (SSSR count). The molecule has 1 amide bonds. The molecule has 0 spiro atoms. The van der Waals surface area contributed by atoms with Crippen LogP contribution in [-0.4, -0.2) is 42.7 Å². The smallest absolute Gasteiger partial charge is 0.260 e. The molecule has 1 saturated heterocycles. The third kappa shape index (κ3) is 4.35. The number of likely N-dealkylation sites (tertiary alicyclic amines) is 1. The van der Waals surface area contributed by atoms with Crippen molar-refractivity contribution in [1.29, 1.82) is 0 Å². The maximum atomic E-state index is 12.4. The zero-order valence-electron chi connectivity index (χ0n) is 15.0. The first-order chi connectivity index (χ1) is 12.7. The van der Waals surface area contributed by atoms with Gasteiger partial charge in [-0.3, -0.25) is 4.79 Å². The minimum absolute atomic E-state index is 0.00766. The van der Waals surface area contributed by atoms with Crippen LogP contribution in [0.4, 0.5) is 0 Å². The maximum Gasteiger partial charge on any atom is 0.260 e. The number of para-hydroxylation sites is 2. The topological polar surface area (TPSA) is 59.0 Å². The molecular formula is C21H25NO4. The van der Waals surface area contributed by atoms with Crippen molar-refractivity contribution in [2.45, 2.75) is 18.9 Å². The molecule has 1 aliphatic heterocycles. The second kappa shape index (κ2) is 8.72. The normalized spacial score (nSPS) is 16.2. The van der Waals surface area contributed by atoms with Gasteiger partial charge in [0.15, 0.2) is 18.1 Å². The summed E-state index contributed by atoms with van der Waals surface area (Å²) in [7, 11) is 1.58. The fraction of sp³-hybridized carbons (Fsp3) is 0.381. The molecule has 5 nitrogen and oxygen atoms in total. The average Bonchev–Trinajstić information content (AvgIpc) is 2.72. The number of hydrogen-bond acceptors (Lipinski definition) is 4. The summed E-state index contributed by atoms with van der Waals surface area (Å²) in [4.78, 5) is 14.2. The highest BCUT2D eigenvalue weighted by Crippen LogP contribution is 2.31. The number of aliphatic hydroxyl groups excluding tert-OH is 1. The number of hydrogen-bond donors (Lipinski definition) is 1. The van der Waals surface area contributed by atoms with E-state index in [1.807, 2.05) is 47.4 Å². The first-order valence-corrected chi connectivity index (χ1v) is 8.95. The lowest BCUT2D eigenvalue weighted by Crippen LogP contribution is -2.42. The van der Waals surface area contributed by atoms with Crippen LogP contribution in [0.15, 0.2) is 54.6 Å². The van der Waals surface area contributed by atoms with E-state index in [0.29, 0.717) is 24.6 Å². The number of methoxy groups -OCH3 is 1. The van der Waals surface area contributed by atoms with Crippen molar-refractivity contribution in [3.63, 3.8) is 0 Å². The van der Waals surface area contributed by atoms with Crippen molar-refractivity contribution >= 4 is 5.91 Å². The van der Waals surface area contributed by atoms with E-state index in [1.165, 1.54) is 0 Å². The Hall–Kier alpha value is -2.53. The van der Waals surface area contributed by atoms with E-state index < -0.39 is 6.10 Å². The van der Waals surface area contributed by atoms with Gasteiger partial charge in [-0.25, -0.2) is 0 Å². The van der Waals surface area contributed by atoms with E-state index in [2.05, 4.69) is 0 Å². The molecule has 0 saturated carbocycles. The molecule has 2 aromatic rings. The zero-order valence-corrected chi connectivity index (χ0v) is 15.0. The van der Waals surface area contributed by atoms with Gasteiger partial charge in [0, 0.05) is 13.1 Å². The SMILES string of the molecule is COc1ccccc1OCC(=O)N1CCC(C(O)c2ccccc2)CC1. The molecule has 5 heteroatoms. The summed E-state index contributed by atoms with van der Waals surface area (Å²) >= 11 is 0. The number of piperidine rings is 1. The molecule has 1 aliphatic rings. The number of carbonyl (C=O) groups excluding carboxylic acids is 1. The molecule has 138 valence electrons. The van der Waals surface area contributed by atoms with E-state index >= 15 is 0 Å². The van der Waals surface area contributed by atoms with Crippen LogP contribution in [0.2, 0.25) is 0 Å². The molecule has 0 aromatic heterocycles. The fourth-order valence-corrected chi connectivity index (χ4v) is 3.36. The first-order valence-electron chi connectivity index (χ1n) is 8.95. The molecule has 1 fully saturated rings. The molecule has 1 unspecified atom stereocenters. The van der Waals surface area contributed by atoms with Crippen molar-refractivity contribution in [1.82, 2.24) is 4.90 Å². The highest BCUT2D eigenvalue weighted by Gasteiger charge is 2.28. The number of carbonyl (C=O) groups is 1. The maximum absolute atomic E-state index is 12.4. The Labute approximate surface area is 154 Å². The third-order valence-corrected chi connectivity index (χ3v) is 4.90. The summed E-state index contributed by atoms with van der Waals surface area (Å²) in [5.74, 6) is 1.32. The molecule has 0 radical (unpaired) electrons. The van der Waals surface area contributed by atoms with Crippen molar-refractivity contribution in [3.8, 4) is 11.5 Å². The minimum Gasteiger partial charge on any atom is -0.493 e. The fourth-order valence-electron chi connectivity index (χ4n) is 3.36. The molecule has 1 N–H and O–H groups in total. The van der Waals surface area contributed by atoms with Gasteiger partial charge in [0.05, 0.1) is 13.2 Å². The molecule has 26 heavy (non-hydrogen) atoms. The van der Waals surface area contributed by atoms with Gasteiger partial charge in [0.2, 0.25) is 0 Å². The number of ether oxygens (including phenoxy) is 2. The van der Waals surface area contributed by atoms with Crippen LogP contribution >= 0.6 is 0 Å². The molecule has 0 bridgehead atoms. The van der Waals surface area contributed by atoms with Crippen molar-refractivity contribution in [3.05, 3.63) is 60.2 Å². The molecule has 2 aromatic carbocycles. The lowest BCUT2D eigenvalue weighted by atomic mass is 9.87. The van der Waals surface area contributed by atoms with Gasteiger partial charge in [-0.1, -0.05) is 42.5 Å². The number of amides is 1. The van der Waals surface area contributed by atoms with Gasteiger partial charge >= 0.3 is 0 Å². The largest absolute Gasteiger partial charge is 0.493 e. The first kappa shape index (κ1) is 18.3. The molecular weight excluding hydrogens is 330 g/mol. The Morgan fingerprint density at radius 1 is 1.08 bits per heavy atom. The Bertz CT molecular complexity index is 711. The van der Waals surface area contributed by atoms with Crippen molar-refractivity contribution in [2.75, 3.05) is 26.8 Å². The average molecular weight is 355 g/mol. The molecule has 1 atom stereocenters. The van der Waals surface area contributed by atoms with Gasteiger partial charge in [-0.15, -0.1) is 0 Å². The van der Waals surface area contributed by atoms with Crippen LogP contribution in [0.3, 0.4) is 0 Å². The van der Waals surface area contributed by atoms with Crippen LogP contribution in [0.5, 0.6) is 11.5 Å². The standard InChI is InChI=1S/C21H25NO4/c1-25-18-9-5-6-10-19(18)26-15-20(23)22-13-11-17(12-14-22)21(24)16-7-3-2-4-8-16/h2-10,17,21,24H,11-15H2,1H3. The molecule has 1 heterocycles.